The van der Waals surface area contributed by atoms with Crippen LogP contribution in [0.1, 0.15) is 31.5 Å². The Kier molecular flexibility index (Phi) is 6.06. The molecule has 8 heteroatoms. The number of nitrogens with one attached hydrogen (secondary N) is 2. The third-order valence-corrected chi connectivity index (χ3v) is 3.88. The highest BCUT2D eigenvalue weighted by atomic mass is 35.5. The minimum Gasteiger partial charge on any atom is -0.326 e. The smallest absolute Gasteiger partial charge is 0.224 e. The number of benzene rings is 1. The molecule has 1 aromatic heterocycles. The number of carbonyl (C=O) groups excluding carboxylic acids is 1. The molecule has 2 N–H and O–H groups in total. The molecule has 7 nitrogen and oxygen atoms in total. The predicted molar refractivity (Wildman–Crippen MR) is 90.0 cm³/mol. The number of rotatable bonds is 5. The van der Waals surface area contributed by atoms with E-state index in [1.165, 1.54) is 12.8 Å². The van der Waals surface area contributed by atoms with Gasteiger partial charge in [-0.2, -0.15) is 4.68 Å². The van der Waals surface area contributed by atoms with Crippen molar-refractivity contribution >= 4 is 24.0 Å². The van der Waals surface area contributed by atoms with Crippen molar-refractivity contribution in [2.24, 2.45) is 0 Å². The number of aromatic nitrogens is 4. The lowest BCUT2D eigenvalue weighted by atomic mass is 10.1. The molecular weight excluding hydrogens is 316 g/mol. The van der Waals surface area contributed by atoms with Crippen molar-refractivity contribution in [3.8, 4) is 5.69 Å². The maximum Gasteiger partial charge on any atom is 0.224 e. The number of tetrazole rings is 1. The number of hydrogen-bond acceptors (Lipinski definition) is 5. The Hall–Kier alpha value is -1.99. The van der Waals surface area contributed by atoms with Crippen molar-refractivity contribution in [2.45, 2.75) is 38.6 Å². The lowest BCUT2D eigenvalue weighted by Gasteiger charge is -2.10. The van der Waals surface area contributed by atoms with E-state index < -0.39 is 0 Å². The molecule has 1 fully saturated rings. The lowest BCUT2D eigenvalue weighted by Crippen LogP contribution is -2.23. The molecule has 124 valence electrons. The highest BCUT2D eigenvalue weighted by molar-refractivity contribution is 5.91. The molecule has 1 unspecified atom stereocenters. The molecule has 0 radical (unpaired) electrons. The lowest BCUT2D eigenvalue weighted by molar-refractivity contribution is -0.116. The van der Waals surface area contributed by atoms with Gasteiger partial charge in [-0.25, -0.2) is 0 Å². The van der Waals surface area contributed by atoms with Crippen molar-refractivity contribution in [1.82, 2.24) is 25.5 Å². The van der Waals surface area contributed by atoms with Crippen molar-refractivity contribution in [1.29, 1.82) is 0 Å². The van der Waals surface area contributed by atoms with Crippen molar-refractivity contribution < 1.29 is 4.79 Å². The normalized spacial score (nSPS) is 16.8. The van der Waals surface area contributed by atoms with E-state index in [9.17, 15) is 4.79 Å². The molecule has 2 heterocycles. The molecular formula is C15H21ClN6O. The molecule has 3 rings (SSSR count). The van der Waals surface area contributed by atoms with Crippen LogP contribution in [0.5, 0.6) is 0 Å². The largest absolute Gasteiger partial charge is 0.326 e. The third-order valence-electron chi connectivity index (χ3n) is 3.88. The van der Waals surface area contributed by atoms with Gasteiger partial charge in [0.2, 0.25) is 5.91 Å². The molecule has 2 aromatic rings. The van der Waals surface area contributed by atoms with Gasteiger partial charge in [0, 0.05) is 18.2 Å². The van der Waals surface area contributed by atoms with E-state index in [1.54, 1.807) is 4.68 Å². The molecule has 0 saturated carbocycles. The summed E-state index contributed by atoms with van der Waals surface area (Å²) in [6, 6.07) is 8.01. The second-order valence-electron chi connectivity index (χ2n) is 5.57. The Balaban J connectivity index is 0.00000192. The zero-order valence-corrected chi connectivity index (χ0v) is 13.8. The van der Waals surface area contributed by atoms with Gasteiger partial charge in [0.1, 0.15) is 0 Å². The quantitative estimate of drug-likeness (QED) is 0.870. The number of hydrogen-bond donors (Lipinski definition) is 2. The zero-order valence-electron chi connectivity index (χ0n) is 13.0. The summed E-state index contributed by atoms with van der Waals surface area (Å²) in [7, 11) is 0. The van der Waals surface area contributed by atoms with E-state index in [-0.39, 0.29) is 18.3 Å². The first-order valence-corrected chi connectivity index (χ1v) is 7.61. The average molecular weight is 337 g/mol. The standard InChI is InChI=1S/C15H20N6O.ClH/c1-11-18-19-20-21(11)14-6-2-4-13(10-14)17-15(22)8-7-12-5-3-9-16-12;/h2,4,6,10,12,16H,3,5,7-9H2,1H3,(H,17,22);1H. The van der Waals surface area contributed by atoms with E-state index in [4.69, 9.17) is 0 Å². The number of carbonyl (C=O) groups is 1. The minimum absolute atomic E-state index is 0. The summed E-state index contributed by atoms with van der Waals surface area (Å²) >= 11 is 0. The van der Waals surface area contributed by atoms with Gasteiger partial charge in [-0.05, 0) is 61.4 Å². The number of aryl methyl sites for hydroxylation is 1. The first-order valence-electron chi connectivity index (χ1n) is 7.61. The van der Waals surface area contributed by atoms with E-state index >= 15 is 0 Å². The van der Waals surface area contributed by atoms with Gasteiger partial charge in [-0.3, -0.25) is 4.79 Å². The van der Waals surface area contributed by atoms with Gasteiger partial charge in [-0.15, -0.1) is 17.5 Å². The SMILES string of the molecule is Cc1nnnn1-c1cccc(NC(=O)CCC2CCCN2)c1.Cl. The predicted octanol–water partition coefficient (Wildman–Crippen LogP) is 1.86. The highest BCUT2D eigenvalue weighted by Crippen LogP contribution is 2.16. The van der Waals surface area contributed by atoms with Crippen LogP contribution in [-0.2, 0) is 4.79 Å². The molecule has 1 aromatic carbocycles. The van der Waals surface area contributed by atoms with Gasteiger partial charge in [0.15, 0.2) is 5.82 Å². The second-order valence-corrected chi connectivity index (χ2v) is 5.57. The first-order chi connectivity index (χ1) is 10.7. The van der Waals surface area contributed by atoms with Gasteiger partial charge in [0.25, 0.3) is 0 Å². The van der Waals surface area contributed by atoms with Gasteiger partial charge in [0.05, 0.1) is 5.69 Å². The summed E-state index contributed by atoms with van der Waals surface area (Å²) in [6.45, 7) is 2.90. The minimum atomic E-state index is 0. The van der Waals surface area contributed by atoms with Gasteiger partial charge >= 0.3 is 0 Å². The zero-order chi connectivity index (χ0) is 15.4. The summed E-state index contributed by atoms with van der Waals surface area (Å²) in [5, 5.41) is 17.8. The second kappa shape index (κ2) is 8.03. The topological polar surface area (TPSA) is 84.7 Å². The molecule has 1 aliphatic rings. The molecule has 1 amide bonds. The van der Waals surface area contributed by atoms with Crippen molar-refractivity contribution in [3.05, 3.63) is 30.1 Å². The van der Waals surface area contributed by atoms with Gasteiger partial charge < -0.3 is 10.6 Å². The summed E-state index contributed by atoms with van der Waals surface area (Å²) in [4.78, 5) is 12.0. The van der Waals surface area contributed by atoms with Crippen LogP contribution in [0.15, 0.2) is 24.3 Å². The molecule has 0 spiro atoms. The Morgan fingerprint density at radius 1 is 1.48 bits per heavy atom. The summed E-state index contributed by atoms with van der Waals surface area (Å²) < 4.78 is 1.64. The van der Waals surface area contributed by atoms with E-state index in [0.29, 0.717) is 18.3 Å². The van der Waals surface area contributed by atoms with Crippen molar-refractivity contribution in [3.63, 3.8) is 0 Å². The van der Waals surface area contributed by atoms with Gasteiger partial charge in [-0.1, -0.05) is 6.07 Å². The van der Waals surface area contributed by atoms with Crippen molar-refractivity contribution in [2.75, 3.05) is 11.9 Å². The highest BCUT2D eigenvalue weighted by Gasteiger charge is 2.15. The molecule has 23 heavy (non-hydrogen) atoms. The Morgan fingerprint density at radius 3 is 3.04 bits per heavy atom. The van der Waals surface area contributed by atoms with Crippen LogP contribution >= 0.6 is 12.4 Å². The fourth-order valence-corrected chi connectivity index (χ4v) is 2.72. The van der Waals surface area contributed by atoms with Crippen LogP contribution in [0, 0.1) is 6.92 Å². The Morgan fingerprint density at radius 2 is 2.35 bits per heavy atom. The van der Waals surface area contributed by atoms with Crippen LogP contribution in [0.25, 0.3) is 5.69 Å². The van der Waals surface area contributed by atoms with E-state index in [0.717, 1.165) is 24.3 Å². The Bertz CT molecular complexity index is 653. The van der Waals surface area contributed by atoms with Crippen LogP contribution in [0.3, 0.4) is 0 Å². The molecule has 0 bridgehead atoms. The van der Waals surface area contributed by atoms with Crippen LogP contribution < -0.4 is 10.6 Å². The maximum atomic E-state index is 12.0. The number of nitrogens with zero attached hydrogens (tertiary/aromatic N) is 4. The number of amides is 1. The Labute approximate surface area is 141 Å². The van der Waals surface area contributed by atoms with Crippen LogP contribution in [0.2, 0.25) is 0 Å². The third kappa shape index (κ3) is 4.49. The van der Waals surface area contributed by atoms with E-state index in [2.05, 4.69) is 26.2 Å². The first kappa shape index (κ1) is 17.4. The van der Waals surface area contributed by atoms with Crippen LogP contribution in [0.4, 0.5) is 5.69 Å². The van der Waals surface area contributed by atoms with E-state index in [1.807, 2.05) is 31.2 Å². The number of halogens is 1. The molecule has 1 atom stereocenters. The summed E-state index contributed by atoms with van der Waals surface area (Å²) in [5.41, 5.74) is 1.59. The molecule has 0 aliphatic carbocycles. The fraction of sp³-hybridized carbons (Fsp3) is 0.467. The summed E-state index contributed by atoms with van der Waals surface area (Å²) in [5.74, 6) is 0.745. The molecule has 1 saturated heterocycles. The maximum absolute atomic E-state index is 12.0. The average Bonchev–Trinajstić information content (AvgIpc) is 3.16. The fourth-order valence-electron chi connectivity index (χ4n) is 2.72. The monoisotopic (exact) mass is 336 g/mol. The number of anilines is 1. The summed E-state index contributed by atoms with van der Waals surface area (Å²) in [6.07, 6.45) is 3.80. The van der Waals surface area contributed by atoms with Crippen LogP contribution in [-0.4, -0.2) is 38.7 Å². The molecule has 1 aliphatic heterocycles.